The maximum Gasteiger partial charge on any atom is 0.203 e. The average molecular weight is 336 g/mol. The summed E-state index contributed by atoms with van der Waals surface area (Å²) in [5.74, 6) is 2.44. The Hall–Kier alpha value is -2.63. The Kier molecular flexibility index (Phi) is 4.26. The van der Waals surface area contributed by atoms with Crippen molar-refractivity contribution in [1.82, 2.24) is 19.6 Å². The Balaban J connectivity index is 1.45. The Morgan fingerprint density at radius 1 is 1.28 bits per heavy atom. The van der Waals surface area contributed by atoms with Crippen molar-refractivity contribution in [2.45, 2.75) is 32.6 Å². The van der Waals surface area contributed by atoms with E-state index < -0.39 is 0 Å². The summed E-state index contributed by atoms with van der Waals surface area (Å²) < 4.78 is 2.07. The van der Waals surface area contributed by atoms with Gasteiger partial charge in [-0.1, -0.05) is 12.1 Å². The predicted octanol–water partition coefficient (Wildman–Crippen LogP) is 3.25. The molecule has 0 saturated heterocycles. The maximum atomic E-state index is 4.46. The molecule has 0 spiro atoms. The molecule has 4 rings (SSSR count). The fourth-order valence-corrected chi connectivity index (χ4v) is 3.19. The van der Waals surface area contributed by atoms with E-state index in [1.54, 1.807) is 0 Å². The second kappa shape index (κ2) is 6.70. The van der Waals surface area contributed by atoms with Crippen LogP contribution < -0.4 is 10.2 Å². The summed E-state index contributed by atoms with van der Waals surface area (Å²) in [4.78, 5) is 6.82. The zero-order valence-electron chi connectivity index (χ0n) is 14.8. The van der Waals surface area contributed by atoms with Gasteiger partial charge in [0.1, 0.15) is 5.82 Å². The molecule has 2 aromatic heterocycles. The van der Waals surface area contributed by atoms with Crippen LogP contribution in [0.25, 0.3) is 5.65 Å². The second-order valence-electron chi connectivity index (χ2n) is 6.65. The topological polar surface area (TPSA) is 58.4 Å². The predicted molar refractivity (Wildman–Crippen MR) is 100 cm³/mol. The fourth-order valence-electron chi connectivity index (χ4n) is 3.19. The van der Waals surface area contributed by atoms with Gasteiger partial charge in [0, 0.05) is 43.6 Å². The molecule has 0 bridgehead atoms. The first kappa shape index (κ1) is 15.9. The van der Waals surface area contributed by atoms with Gasteiger partial charge in [-0.15, -0.1) is 10.2 Å². The van der Waals surface area contributed by atoms with E-state index in [4.69, 9.17) is 0 Å². The SMILES string of the molecule is CCN(CCNc1nccn2c(C3CC3)nnc12)c1cccc(C)c1. The highest BCUT2D eigenvalue weighted by Crippen LogP contribution is 2.39. The molecule has 25 heavy (non-hydrogen) atoms. The lowest BCUT2D eigenvalue weighted by molar-refractivity contribution is 0.832. The monoisotopic (exact) mass is 336 g/mol. The Labute approximate surface area is 147 Å². The van der Waals surface area contributed by atoms with Crippen LogP contribution in [-0.4, -0.2) is 39.2 Å². The van der Waals surface area contributed by atoms with Gasteiger partial charge in [-0.05, 0) is 44.4 Å². The Morgan fingerprint density at radius 3 is 2.92 bits per heavy atom. The minimum atomic E-state index is 0.571. The second-order valence-corrected chi connectivity index (χ2v) is 6.65. The van der Waals surface area contributed by atoms with Gasteiger partial charge in [0.2, 0.25) is 5.65 Å². The number of hydrogen-bond acceptors (Lipinski definition) is 5. The van der Waals surface area contributed by atoms with E-state index in [9.17, 15) is 0 Å². The van der Waals surface area contributed by atoms with Crippen molar-refractivity contribution in [3.05, 3.63) is 48.0 Å². The third-order valence-electron chi connectivity index (χ3n) is 4.72. The van der Waals surface area contributed by atoms with Crippen LogP contribution in [0.15, 0.2) is 36.7 Å². The summed E-state index contributed by atoms with van der Waals surface area (Å²) in [5, 5.41) is 12.1. The molecule has 0 atom stereocenters. The summed E-state index contributed by atoms with van der Waals surface area (Å²) in [7, 11) is 0. The summed E-state index contributed by atoms with van der Waals surface area (Å²) >= 11 is 0. The number of aryl methyl sites for hydroxylation is 1. The first-order valence-corrected chi connectivity index (χ1v) is 9.01. The van der Waals surface area contributed by atoms with E-state index in [1.165, 1.54) is 24.1 Å². The summed E-state index contributed by atoms with van der Waals surface area (Å²) in [5.41, 5.74) is 3.36. The van der Waals surface area contributed by atoms with Crippen LogP contribution in [0.4, 0.5) is 11.5 Å². The van der Waals surface area contributed by atoms with Crippen molar-refractivity contribution in [1.29, 1.82) is 0 Å². The number of aromatic nitrogens is 4. The average Bonchev–Trinajstić information content (AvgIpc) is 3.37. The van der Waals surface area contributed by atoms with Crippen molar-refractivity contribution in [3.63, 3.8) is 0 Å². The minimum Gasteiger partial charge on any atom is -0.370 e. The van der Waals surface area contributed by atoms with E-state index >= 15 is 0 Å². The molecule has 1 aliphatic rings. The van der Waals surface area contributed by atoms with Crippen LogP contribution in [-0.2, 0) is 0 Å². The number of nitrogens with zero attached hydrogens (tertiary/aromatic N) is 5. The van der Waals surface area contributed by atoms with Gasteiger partial charge in [0.15, 0.2) is 5.82 Å². The van der Waals surface area contributed by atoms with Gasteiger partial charge >= 0.3 is 0 Å². The van der Waals surface area contributed by atoms with Crippen molar-refractivity contribution in [2.75, 3.05) is 29.9 Å². The van der Waals surface area contributed by atoms with Crippen molar-refractivity contribution >= 4 is 17.2 Å². The number of nitrogens with one attached hydrogen (secondary N) is 1. The molecule has 1 aromatic carbocycles. The zero-order chi connectivity index (χ0) is 17.2. The van der Waals surface area contributed by atoms with E-state index in [1.807, 2.05) is 12.4 Å². The standard InChI is InChI=1S/C19H24N6/c1-3-24(16-6-4-5-14(2)13-16)11-9-20-17-19-23-22-18(15-7-8-15)25(19)12-10-21-17/h4-6,10,12-13,15H,3,7-9,11H2,1-2H3,(H,20,21). The maximum absolute atomic E-state index is 4.46. The van der Waals surface area contributed by atoms with Crippen LogP contribution in [0.2, 0.25) is 0 Å². The molecule has 6 heteroatoms. The smallest absolute Gasteiger partial charge is 0.203 e. The lowest BCUT2D eigenvalue weighted by Gasteiger charge is -2.23. The van der Waals surface area contributed by atoms with E-state index in [2.05, 4.69) is 67.9 Å². The van der Waals surface area contributed by atoms with Crippen molar-refractivity contribution in [2.24, 2.45) is 0 Å². The molecular weight excluding hydrogens is 312 g/mol. The molecule has 2 heterocycles. The molecule has 0 unspecified atom stereocenters. The van der Waals surface area contributed by atoms with E-state index in [-0.39, 0.29) is 0 Å². The molecular formula is C19H24N6. The van der Waals surface area contributed by atoms with Gasteiger partial charge in [-0.2, -0.15) is 0 Å². The molecule has 0 amide bonds. The lowest BCUT2D eigenvalue weighted by Crippen LogP contribution is -2.29. The van der Waals surface area contributed by atoms with Gasteiger partial charge < -0.3 is 10.2 Å². The van der Waals surface area contributed by atoms with Crippen molar-refractivity contribution < 1.29 is 0 Å². The molecule has 1 saturated carbocycles. The van der Waals surface area contributed by atoms with Gasteiger partial charge in [0.25, 0.3) is 0 Å². The highest BCUT2D eigenvalue weighted by molar-refractivity contribution is 5.62. The number of fused-ring (bicyclic) bond motifs is 1. The van der Waals surface area contributed by atoms with Crippen LogP contribution in [0, 0.1) is 6.92 Å². The summed E-state index contributed by atoms with van der Waals surface area (Å²) in [6, 6.07) is 8.63. The first-order chi connectivity index (χ1) is 12.3. The first-order valence-electron chi connectivity index (χ1n) is 9.01. The van der Waals surface area contributed by atoms with E-state index in [0.29, 0.717) is 5.92 Å². The molecule has 6 nitrogen and oxygen atoms in total. The fraction of sp³-hybridized carbons (Fsp3) is 0.421. The molecule has 130 valence electrons. The highest BCUT2D eigenvalue weighted by Gasteiger charge is 2.29. The number of hydrogen-bond donors (Lipinski definition) is 1. The van der Waals surface area contributed by atoms with Crippen LogP contribution in [0.1, 0.15) is 37.1 Å². The summed E-state index contributed by atoms with van der Waals surface area (Å²) in [6.45, 7) is 7.00. The van der Waals surface area contributed by atoms with E-state index in [0.717, 1.165) is 36.9 Å². The molecule has 0 radical (unpaired) electrons. The normalized spacial score (nSPS) is 14.0. The molecule has 0 aliphatic heterocycles. The molecule has 1 N–H and O–H groups in total. The molecule has 1 aliphatic carbocycles. The molecule has 3 aromatic rings. The number of benzene rings is 1. The quantitative estimate of drug-likeness (QED) is 0.718. The third-order valence-corrected chi connectivity index (χ3v) is 4.72. The Morgan fingerprint density at radius 2 is 2.16 bits per heavy atom. The van der Waals surface area contributed by atoms with Gasteiger partial charge in [-0.3, -0.25) is 4.40 Å². The number of rotatable bonds is 7. The largest absolute Gasteiger partial charge is 0.370 e. The highest BCUT2D eigenvalue weighted by atomic mass is 15.3. The molecule has 1 fully saturated rings. The Bertz CT molecular complexity index is 867. The van der Waals surface area contributed by atoms with Crippen molar-refractivity contribution in [3.8, 4) is 0 Å². The third kappa shape index (κ3) is 3.29. The minimum absolute atomic E-state index is 0.571. The van der Waals surface area contributed by atoms with Crippen LogP contribution in [0.3, 0.4) is 0 Å². The summed E-state index contributed by atoms with van der Waals surface area (Å²) in [6.07, 6.45) is 6.21. The van der Waals surface area contributed by atoms with Gasteiger partial charge in [0.05, 0.1) is 0 Å². The number of likely N-dealkylation sites (N-methyl/N-ethyl adjacent to an activating group) is 1. The van der Waals surface area contributed by atoms with Crippen LogP contribution >= 0.6 is 0 Å². The van der Waals surface area contributed by atoms with Gasteiger partial charge in [-0.25, -0.2) is 4.98 Å². The van der Waals surface area contributed by atoms with Crippen LogP contribution in [0.5, 0.6) is 0 Å². The zero-order valence-corrected chi connectivity index (χ0v) is 14.8. The lowest BCUT2D eigenvalue weighted by atomic mass is 10.2. The number of anilines is 2.